The highest BCUT2D eigenvalue weighted by Crippen LogP contribution is 2.24. The first-order valence-electron chi connectivity index (χ1n) is 7.15. The summed E-state index contributed by atoms with van der Waals surface area (Å²) in [6.07, 6.45) is 2.80. The number of rotatable bonds is 7. The van der Waals surface area contributed by atoms with Crippen LogP contribution >= 0.6 is 0 Å². The van der Waals surface area contributed by atoms with Gasteiger partial charge in [0.1, 0.15) is 6.61 Å². The summed E-state index contributed by atoms with van der Waals surface area (Å²) in [6.45, 7) is 3.83. The summed E-state index contributed by atoms with van der Waals surface area (Å²) in [4.78, 5) is 11.9. The third-order valence-corrected chi connectivity index (χ3v) is 3.37. The first-order chi connectivity index (χ1) is 10.3. The molecule has 0 N–H and O–H groups in total. The number of benzene rings is 2. The molecule has 0 radical (unpaired) electrons. The second kappa shape index (κ2) is 8.05. The largest absolute Gasteiger partial charge is 0.461 e. The summed E-state index contributed by atoms with van der Waals surface area (Å²) in [5.74, 6) is -0.0504. The van der Waals surface area contributed by atoms with E-state index >= 15 is 0 Å². The van der Waals surface area contributed by atoms with Crippen molar-refractivity contribution in [2.24, 2.45) is 0 Å². The summed E-state index contributed by atoms with van der Waals surface area (Å²) < 4.78 is 5.12. The highest BCUT2D eigenvalue weighted by molar-refractivity contribution is 5.70. The van der Waals surface area contributed by atoms with Crippen molar-refractivity contribution in [3.63, 3.8) is 0 Å². The molecular weight excluding hydrogens is 260 g/mol. The Bertz CT molecular complexity index is 561. The normalized spacial score (nSPS) is 11.6. The molecule has 0 amide bonds. The molecule has 0 spiro atoms. The maximum Gasteiger partial charge on any atom is 0.306 e. The van der Waals surface area contributed by atoms with Crippen LogP contribution in [0.4, 0.5) is 0 Å². The van der Waals surface area contributed by atoms with Gasteiger partial charge >= 0.3 is 5.97 Å². The number of hydrogen-bond acceptors (Lipinski definition) is 2. The van der Waals surface area contributed by atoms with E-state index in [1.165, 1.54) is 5.56 Å². The van der Waals surface area contributed by atoms with Crippen LogP contribution in [0.15, 0.2) is 73.3 Å². The summed E-state index contributed by atoms with van der Waals surface area (Å²) in [6, 6.07) is 20.3. The molecule has 0 aliphatic carbocycles. The monoisotopic (exact) mass is 280 g/mol. The minimum Gasteiger partial charge on any atom is -0.461 e. The van der Waals surface area contributed by atoms with Crippen molar-refractivity contribution >= 4 is 5.97 Å². The van der Waals surface area contributed by atoms with Crippen LogP contribution in [0.2, 0.25) is 0 Å². The molecule has 2 rings (SSSR count). The number of hydrogen-bond donors (Lipinski definition) is 0. The highest BCUT2D eigenvalue weighted by atomic mass is 16.5. The molecule has 0 bridgehead atoms. The third kappa shape index (κ3) is 4.92. The van der Waals surface area contributed by atoms with E-state index < -0.39 is 0 Å². The van der Waals surface area contributed by atoms with E-state index in [1.807, 2.05) is 36.4 Å². The molecule has 108 valence electrons. The Hall–Kier alpha value is -2.35. The number of ether oxygens (including phenoxy) is 1. The molecule has 21 heavy (non-hydrogen) atoms. The molecule has 1 unspecified atom stereocenters. The van der Waals surface area contributed by atoms with Crippen molar-refractivity contribution in [2.45, 2.75) is 18.8 Å². The lowest BCUT2D eigenvalue weighted by atomic mass is 9.89. The summed E-state index contributed by atoms with van der Waals surface area (Å²) in [5, 5.41) is 0. The van der Waals surface area contributed by atoms with E-state index in [-0.39, 0.29) is 18.5 Å². The van der Waals surface area contributed by atoms with E-state index in [9.17, 15) is 4.79 Å². The average Bonchev–Trinajstić information content (AvgIpc) is 2.54. The van der Waals surface area contributed by atoms with Crippen LogP contribution in [-0.4, -0.2) is 12.6 Å². The fourth-order valence-corrected chi connectivity index (χ4v) is 2.34. The van der Waals surface area contributed by atoms with E-state index in [0.29, 0.717) is 6.42 Å². The maximum absolute atomic E-state index is 11.9. The molecule has 0 aliphatic heterocycles. The lowest BCUT2D eigenvalue weighted by Crippen LogP contribution is -2.12. The van der Waals surface area contributed by atoms with Gasteiger partial charge in [-0.25, -0.2) is 0 Å². The van der Waals surface area contributed by atoms with Gasteiger partial charge in [0.15, 0.2) is 0 Å². The van der Waals surface area contributed by atoms with Gasteiger partial charge in [0.2, 0.25) is 0 Å². The smallest absolute Gasteiger partial charge is 0.306 e. The van der Waals surface area contributed by atoms with E-state index in [1.54, 1.807) is 6.08 Å². The molecule has 1 atom stereocenters. The van der Waals surface area contributed by atoms with Crippen LogP contribution in [0.25, 0.3) is 0 Å². The third-order valence-electron chi connectivity index (χ3n) is 3.37. The zero-order chi connectivity index (χ0) is 14.9. The van der Waals surface area contributed by atoms with Gasteiger partial charge in [-0.15, -0.1) is 0 Å². The molecule has 0 saturated carbocycles. The lowest BCUT2D eigenvalue weighted by Gasteiger charge is -2.16. The summed E-state index contributed by atoms with van der Waals surface area (Å²) >= 11 is 0. The number of carbonyl (C=O) groups excluding carboxylic acids is 1. The Morgan fingerprint density at radius 1 is 1.05 bits per heavy atom. The van der Waals surface area contributed by atoms with Crippen LogP contribution in [0.3, 0.4) is 0 Å². The van der Waals surface area contributed by atoms with E-state index in [0.717, 1.165) is 12.0 Å². The van der Waals surface area contributed by atoms with Crippen molar-refractivity contribution in [1.82, 2.24) is 0 Å². The predicted molar refractivity (Wildman–Crippen MR) is 85.1 cm³/mol. The van der Waals surface area contributed by atoms with Crippen molar-refractivity contribution in [2.75, 3.05) is 6.61 Å². The Balaban J connectivity index is 2.11. The van der Waals surface area contributed by atoms with Crippen molar-refractivity contribution in [3.05, 3.63) is 84.4 Å². The van der Waals surface area contributed by atoms with E-state index in [4.69, 9.17) is 4.74 Å². The van der Waals surface area contributed by atoms with Gasteiger partial charge in [-0.3, -0.25) is 4.79 Å². The maximum atomic E-state index is 11.9. The molecule has 0 saturated heterocycles. The van der Waals surface area contributed by atoms with Crippen LogP contribution in [0, 0.1) is 0 Å². The topological polar surface area (TPSA) is 26.3 Å². The minimum atomic E-state index is -0.181. The first-order valence-corrected chi connectivity index (χ1v) is 7.15. The van der Waals surface area contributed by atoms with Gasteiger partial charge in [-0.2, -0.15) is 0 Å². The Morgan fingerprint density at radius 3 is 2.29 bits per heavy atom. The number of carbonyl (C=O) groups is 1. The fourth-order valence-electron chi connectivity index (χ4n) is 2.34. The molecule has 0 aliphatic rings. The fraction of sp³-hybridized carbons (Fsp3) is 0.211. The van der Waals surface area contributed by atoms with Gasteiger partial charge in [0.05, 0.1) is 6.42 Å². The molecule has 0 fully saturated rings. The first kappa shape index (κ1) is 15.0. The van der Waals surface area contributed by atoms with Gasteiger partial charge in [-0.1, -0.05) is 73.3 Å². The Labute approximate surface area is 126 Å². The summed E-state index contributed by atoms with van der Waals surface area (Å²) in [7, 11) is 0. The molecule has 2 aromatic rings. The lowest BCUT2D eigenvalue weighted by molar-refractivity contribution is -0.142. The van der Waals surface area contributed by atoms with Crippen LogP contribution in [0.1, 0.15) is 23.5 Å². The number of esters is 1. The average molecular weight is 280 g/mol. The second-order valence-corrected chi connectivity index (χ2v) is 4.97. The van der Waals surface area contributed by atoms with E-state index in [2.05, 4.69) is 30.8 Å². The minimum absolute atomic E-state index is 0.130. The predicted octanol–water partition coefficient (Wildman–Crippen LogP) is 4.13. The van der Waals surface area contributed by atoms with Gasteiger partial charge in [-0.05, 0) is 23.5 Å². The standard InChI is InChI=1S/C19H20O2/c1-2-13-21-19(20)15-18(17-11-7-4-8-12-17)14-16-9-5-3-6-10-16/h2-12,18H,1,13-15H2. The van der Waals surface area contributed by atoms with Crippen molar-refractivity contribution in [1.29, 1.82) is 0 Å². The van der Waals surface area contributed by atoms with Crippen LogP contribution in [-0.2, 0) is 16.0 Å². The summed E-state index contributed by atoms with van der Waals surface area (Å²) in [5.41, 5.74) is 2.39. The van der Waals surface area contributed by atoms with Crippen molar-refractivity contribution in [3.8, 4) is 0 Å². The molecule has 0 aromatic heterocycles. The van der Waals surface area contributed by atoms with Crippen molar-refractivity contribution < 1.29 is 9.53 Å². The second-order valence-electron chi connectivity index (χ2n) is 4.97. The van der Waals surface area contributed by atoms with Gasteiger partial charge < -0.3 is 4.74 Å². The van der Waals surface area contributed by atoms with Crippen LogP contribution < -0.4 is 0 Å². The molecule has 2 aromatic carbocycles. The Morgan fingerprint density at radius 2 is 1.67 bits per heavy atom. The SMILES string of the molecule is C=CCOC(=O)CC(Cc1ccccc1)c1ccccc1. The zero-order valence-electron chi connectivity index (χ0n) is 12.1. The molecule has 2 nitrogen and oxygen atoms in total. The molecular formula is C19H20O2. The molecule has 0 heterocycles. The highest BCUT2D eigenvalue weighted by Gasteiger charge is 2.17. The van der Waals surface area contributed by atoms with Gasteiger partial charge in [0.25, 0.3) is 0 Å². The van der Waals surface area contributed by atoms with Gasteiger partial charge in [0, 0.05) is 0 Å². The zero-order valence-corrected chi connectivity index (χ0v) is 12.1. The quantitative estimate of drug-likeness (QED) is 0.563. The Kier molecular flexibility index (Phi) is 5.77. The van der Waals surface area contributed by atoms with Crippen LogP contribution in [0.5, 0.6) is 0 Å². The molecule has 2 heteroatoms.